The number of nitrogens with one attached hydrogen (secondary N) is 2. The molecule has 2 rings (SSSR count). The third kappa shape index (κ3) is 10.2. The number of aliphatic hydroxyl groups is 1. The van der Waals surface area contributed by atoms with Crippen molar-refractivity contribution in [3.63, 3.8) is 0 Å². The number of hydrogen-bond acceptors (Lipinski definition) is 7. The van der Waals surface area contributed by atoms with Gasteiger partial charge in [0.05, 0.1) is 31.2 Å². The summed E-state index contributed by atoms with van der Waals surface area (Å²) in [6.45, 7) is 3.29. The molecule has 31 heavy (non-hydrogen) atoms. The van der Waals surface area contributed by atoms with Gasteiger partial charge in [-0.05, 0) is 38.7 Å². The number of guanidine groups is 1. The molecule has 0 aliphatic carbocycles. The van der Waals surface area contributed by atoms with E-state index >= 15 is 0 Å². The summed E-state index contributed by atoms with van der Waals surface area (Å²) >= 11 is 1.67. The molecular weight excluding hydrogens is 436 g/mol. The first-order chi connectivity index (χ1) is 14.6. The van der Waals surface area contributed by atoms with Gasteiger partial charge >= 0.3 is 0 Å². The Morgan fingerprint density at radius 1 is 1.19 bits per heavy atom. The lowest BCUT2D eigenvalue weighted by Gasteiger charge is -2.13. The van der Waals surface area contributed by atoms with E-state index in [2.05, 4.69) is 15.0 Å². The minimum atomic E-state index is -3.49. The van der Waals surface area contributed by atoms with Crippen molar-refractivity contribution in [3.8, 4) is 0 Å². The normalized spacial score (nSPS) is 13.4. The number of nitrogens with zero attached hydrogens (tertiary/aromatic N) is 2. The molecule has 1 aromatic heterocycles. The molecule has 0 saturated heterocycles. The molecule has 0 fully saturated rings. The number of rotatable bonds is 11. The second-order valence-electron chi connectivity index (χ2n) is 7.58. The van der Waals surface area contributed by atoms with Gasteiger partial charge in [-0.3, -0.25) is 4.72 Å². The first-order valence-corrected chi connectivity index (χ1v) is 13.0. The van der Waals surface area contributed by atoms with Gasteiger partial charge in [-0.15, -0.1) is 0 Å². The average Bonchev–Trinajstić information content (AvgIpc) is 3.11. The Morgan fingerprint density at radius 2 is 1.87 bits per heavy atom. The number of benzene rings is 1. The van der Waals surface area contributed by atoms with Gasteiger partial charge in [-0.1, -0.05) is 29.8 Å². The smallest absolute Gasteiger partial charge is 0.232 e. The van der Waals surface area contributed by atoms with Crippen molar-refractivity contribution in [3.05, 3.63) is 59.0 Å². The highest BCUT2D eigenvalue weighted by Crippen LogP contribution is 2.16. The van der Waals surface area contributed by atoms with Gasteiger partial charge < -0.3 is 19.7 Å². The zero-order valence-corrected chi connectivity index (χ0v) is 20.1. The zero-order valence-electron chi connectivity index (χ0n) is 18.5. The van der Waals surface area contributed by atoms with Crippen LogP contribution in [0.5, 0.6) is 0 Å². The highest BCUT2D eigenvalue weighted by Gasteiger charge is 2.10. The zero-order chi connectivity index (χ0) is 22.9. The lowest BCUT2D eigenvalue weighted by molar-refractivity contribution is 0.187. The van der Waals surface area contributed by atoms with Crippen molar-refractivity contribution in [2.45, 2.75) is 25.3 Å². The van der Waals surface area contributed by atoms with Crippen LogP contribution in [0, 0.1) is 6.92 Å². The summed E-state index contributed by atoms with van der Waals surface area (Å²) < 4.78 is 31.4. The molecule has 8 nitrogen and oxygen atoms in total. The van der Waals surface area contributed by atoms with Crippen molar-refractivity contribution in [2.75, 3.05) is 39.2 Å². The third-order valence-corrected chi connectivity index (χ3v) is 5.68. The van der Waals surface area contributed by atoms with Crippen molar-refractivity contribution >= 4 is 27.7 Å². The lowest BCUT2D eigenvalue weighted by Crippen LogP contribution is -2.41. The van der Waals surface area contributed by atoms with Crippen LogP contribution in [0.4, 0.5) is 0 Å². The number of aryl methyl sites for hydroxylation is 1. The van der Waals surface area contributed by atoms with Gasteiger partial charge in [0.25, 0.3) is 0 Å². The van der Waals surface area contributed by atoms with Crippen LogP contribution in [-0.4, -0.2) is 63.6 Å². The predicted molar refractivity (Wildman–Crippen MR) is 127 cm³/mol. The summed E-state index contributed by atoms with van der Waals surface area (Å²) in [6.07, 6.45) is 0.251. The molecule has 0 aliphatic heterocycles. The van der Waals surface area contributed by atoms with Crippen molar-refractivity contribution in [2.24, 2.45) is 4.99 Å². The van der Waals surface area contributed by atoms with Crippen molar-refractivity contribution in [1.29, 1.82) is 0 Å². The van der Waals surface area contributed by atoms with Crippen LogP contribution in [0.3, 0.4) is 0 Å². The van der Waals surface area contributed by atoms with Crippen molar-refractivity contribution < 1.29 is 17.9 Å². The van der Waals surface area contributed by atoms with E-state index in [-0.39, 0.29) is 12.5 Å². The van der Waals surface area contributed by atoms with E-state index < -0.39 is 16.1 Å². The first-order valence-electron chi connectivity index (χ1n) is 9.93. The summed E-state index contributed by atoms with van der Waals surface area (Å²) in [5.74, 6) is 3.42. The Labute approximate surface area is 189 Å². The van der Waals surface area contributed by atoms with Gasteiger partial charge in [0, 0.05) is 12.3 Å². The minimum Gasteiger partial charge on any atom is -0.464 e. The van der Waals surface area contributed by atoms with Gasteiger partial charge in [0.2, 0.25) is 16.0 Å². The summed E-state index contributed by atoms with van der Waals surface area (Å²) in [5, 5.41) is 13.3. The molecule has 172 valence electrons. The third-order valence-electron chi connectivity index (χ3n) is 4.14. The second-order valence-corrected chi connectivity index (χ2v) is 10.4. The van der Waals surface area contributed by atoms with Crippen LogP contribution < -0.4 is 10.0 Å². The molecule has 0 radical (unpaired) electrons. The SMILES string of the molecule is Cc1ccc(C(O)CN=C(NCCSCc2ccc(CN(C)C)o2)NS(C)(=O)=O)cc1. The van der Waals surface area contributed by atoms with Crippen LogP contribution in [-0.2, 0) is 22.3 Å². The van der Waals surface area contributed by atoms with Crippen molar-refractivity contribution in [1.82, 2.24) is 14.9 Å². The fourth-order valence-corrected chi connectivity index (χ4v) is 3.92. The van der Waals surface area contributed by atoms with Gasteiger partial charge in [-0.2, -0.15) is 11.8 Å². The topological polar surface area (TPSA) is 107 Å². The van der Waals surface area contributed by atoms with E-state index in [1.807, 2.05) is 62.3 Å². The van der Waals surface area contributed by atoms with Gasteiger partial charge in [-0.25, -0.2) is 13.4 Å². The summed E-state index contributed by atoms with van der Waals surface area (Å²) in [6, 6.07) is 11.5. The molecule has 1 heterocycles. The summed E-state index contributed by atoms with van der Waals surface area (Å²) in [4.78, 5) is 6.27. The highest BCUT2D eigenvalue weighted by atomic mass is 32.2. The first kappa shape index (κ1) is 25.3. The molecule has 0 spiro atoms. The van der Waals surface area contributed by atoms with Crippen LogP contribution in [0.1, 0.15) is 28.8 Å². The molecule has 2 aromatic rings. The quantitative estimate of drug-likeness (QED) is 0.263. The lowest BCUT2D eigenvalue weighted by atomic mass is 10.1. The van der Waals surface area contributed by atoms with Gasteiger partial charge in [0.1, 0.15) is 11.5 Å². The maximum Gasteiger partial charge on any atom is 0.232 e. The van der Waals surface area contributed by atoms with E-state index in [0.29, 0.717) is 6.54 Å². The maximum absolute atomic E-state index is 11.6. The molecule has 0 bridgehead atoms. The Hall–Kier alpha value is -2.01. The van der Waals surface area contributed by atoms with E-state index in [1.165, 1.54) is 0 Å². The number of hydrogen-bond donors (Lipinski definition) is 3. The number of aliphatic imine (C=N–C) groups is 1. The molecule has 10 heteroatoms. The molecule has 0 saturated carbocycles. The van der Waals surface area contributed by atoms with Crippen LogP contribution in [0.2, 0.25) is 0 Å². The molecule has 0 aliphatic rings. The Morgan fingerprint density at radius 3 is 2.52 bits per heavy atom. The number of sulfonamides is 1. The average molecular weight is 469 g/mol. The minimum absolute atomic E-state index is 0.0438. The monoisotopic (exact) mass is 468 g/mol. The largest absolute Gasteiger partial charge is 0.464 e. The standard InChI is InChI=1S/C21H32N4O4S2/c1-16-5-7-17(8-6-16)20(26)13-23-21(24-31(4,27)28)22-11-12-30-15-19-10-9-18(29-19)14-25(2)3/h5-10,20,26H,11-15H2,1-4H3,(H2,22,23,24). The number of thioether (sulfide) groups is 1. The number of furan rings is 1. The van der Waals surface area contributed by atoms with E-state index in [0.717, 1.165) is 47.0 Å². The number of aliphatic hydroxyl groups excluding tert-OH is 1. The highest BCUT2D eigenvalue weighted by molar-refractivity contribution is 7.98. The second kappa shape index (κ2) is 12.1. The van der Waals surface area contributed by atoms with Gasteiger partial charge in [0.15, 0.2) is 0 Å². The Bertz CT molecular complexity index is 941. The van der Waals surface area contributed by atoms with E-state index in [1.54, 1.807) is 11.8 Å². The van der Waals surface area contributed by atoms with Crippen LogP contribution in [0.25, 0.3) is 0 Å². The summed E-state index contributed by atoms with van der Waals surface area (Å²) in [7, 11) is 0.499. The Balaban J connectivity index is 1.82. The van der Waals surface area contributed by atoms with E-state index in [4.69, 9.17) is 4.42 Å². The fraction of sp³-hybridized carbons (Fsp3) is 0.476. The molecule has 3 N–H and O–H groups in total. The Kier molecular flexibility index (Phi) is 9.89. The molecule has 1 aromatic carbocycles. The molecule has 1 unspecified atom stereocenters. The molecule has 1 atom stereocenters. The fourth-order valence-electron chi connectivity index (χ4n) is 2.68. The van der Waals surface area contributed by atoms with E-state index in [9.17, 15) is 13.5 Å². The predicted octanol–water partition coefficient (Wildman–Crippen LogP) is 2.11. The van der Waals surface area contributed by atoms with Crippen LogP contribution >= 0.6 is 11.8 Å². The molecule has 0 amide bonds. The molecular formula is C21H32N4O4S2. The van der Waals surface area contributed by atoms with Crippen LogP contribution in [0.15, 0.2) is 45.8 Å². The summed E-state index contributed by atoms with van der Waals surface area (Å²) in [5.41, 5.74) is 1.83. The maximum atomic E-state index is 11.6.